The first-order valence-electron chi connectivity index (χ1n) is 7.15. The Hall–Kier alpha value is -0.730. The summed E-state index contributed by atoms with van der Waals surface area (Å²) in [6, 6.07) is 5.50. The molecule has 0 heterocycles. The van der Waals surface area contributed by atoms with Crippen LogP contribution in [0, 0.1) is 5.92 Å². The van der Waals surface area contributed by atoms with Crippen molar-refractivity contribution in [1.82, 2.24) is 0 Å². The van der Waals surface area contributed by atoms with E-state index in [0.717, 1.165) is 42.9 Å². The van der Waals surface area contributed by atoms with E-state index in [1.807, 2.05) is 12.1 Å². The molecule has 2 nitrogen and oxygen atoms in total. The normalized spacial score (nSPS) is 27.9. The molecule has 106 valence electrons. The van der Waals surface area contributed by atoms with Gasteiger partial charge in [0.1, 0.15) is 5.75 Å². The van der Waals surface area contributed by atoms with Gasteiger partial charge in [-0.25, -0.2) is 0 Å². The number of aliphatic hydroxyl groups is 1. The molecule has 0 amide bonds. The zero-order chi connectivity index (χ0) is 13.9. The molecule has 2 rings (SSSR count). The van der Waals surface area contributed by atoms with Crippen molar-refractivity contribution in [1.29, 1.82) is 0 Å². The van der Waals surface area contributed by atoms with Crippen LogP contribution >= 0.6 is 11.6 Å². The highest BCUT2D eigenvalue weighted by molar-refractivity contribution is 6.30. The zero-order valence-electron chi connectivity index (χ0n) is 11.8. The Bertz CT molecular complexity index is 433. The molecule has 1 aliphatic rings. The molecule has 1 saturated carbocycles. The lowest BCUT2D eigenvalue weighted by molar-refractivity contribution is 0.0174. The van der Waals surface area contributed by atoms with Gasteiger partial charge in [-0.3, -0.25) is 0 Å². The smallest absolute Gasteiger partial charge is 0.125 e. The van der Waals surface area contributed by atoms with E-state index in [1.165, 1.54) is 12.8 Å². The Morgan fingerprint density at radius 2 is 2.16 bits per heavy atom. The molecule has 1 N–H and O–H groups in total. The summed E-state index contributed by atoms with van der Waals surface area (Å²) in [5.74, 6) is 1.47. The van der Waals surface area contributed by atoms with Gasteiger partial charge >= 0.3 is 0 Å². The van der Waals surface area contributed by atoms with Gasteiger partial charge < -0.3 is 9.84 Å². The number of ether oxygens (including phenoxy) is 1. The third-order valence-corrected chi connectivity index (χ3v) is 4.64. The molecular weight excluding hydrogens is 260 g/mol. The van der Waals surface area contributed by atoms with Gasteiger partial charge in [-0.1, -0.05) is 31.4 Å². The maximum Gasteiger partial charge on any atom is 0.125 e. The standard InChI is InChI=1S/C16H23ClO2/c1-3-12-5-4-9-16(18,10-8-12)14-11-13(17)6-7-15(14)19-2/h6-7,11-12,18H,3-5,8-10H2,1-2H3. The van der Waals surface area contributed by atoms with Crippen LogP contribution in [0.2, 0.25) is 5.02 Å². The van der Waals surface area contributed by atoms with E-state index in [2.05, 4.69) is 6.92 Å². The second-order valence-corrected chi connectivity index (χ2v) is 6.02. The first kappa shape index (κ1) is 14.7. The monoisotopic (exact) mass is 282 g/mol. The molecule has 0 aromatic heterocycles. The number of halogens is 1. The van der Waals surface area contributed by atoms with E-state index in [0.29, 0.717) is 5.02 Å². The maximum atomic E-state index is 11.0. The summed E-state index contributed by atoms with van der Waals surface area (Å²) >= 11 is 6.09. The topological polar surface area (TPSA) is 29.5 Å². The molecule has 0 saturated heterocycles. The lowest BCUT2D eigenvalue weighted by Gasteiger charge is -2.29. The van der Waals surface area contributed by atoms with Gasteiger partial charge in [0.15, 0.2) is 0 Å². The first-order chi connectivity index (χ1) is 9.09. The summed E-state index contributed by atoms with van der Waals surface area (Å²) in [4.78, 5) is 0. The average molecular weight is 283 g/mol. The van der Waals surface area contributed by atoms with Crippen LogP contribution < -0.4 is 4.74 Å². The molecular formula is C16H23ClO2. The summed E-state index contributed by atoms with van der Waals surface area (Å²) in [6.07, 6.45) is 6.13. The van der Waals surface area contributed by atoms with E-state index in [9.17, 15) is 5.11 Å². The minimum Gasteiger partial charge on any atom is -0.496 e. The predicted octanol–water partition coefficient (Wildman–Crippen LogP) is 4.53. The number of benzene rings is 1. The maximum absolute atomic E-state index is 11.0. The average Bonchev–Trinajstić information content (AvgIpc) is 2.61. The summed E-state index contributed by atoms with van der Waals surface area (Å²) in [5.41, 5.74) is 0.0550. The van der Waals surface area contributed by atoms with Crippen molar-refractivity contribution in [2.45, 2.75) is 51.0 Å². The highest BCUT2D eigenvalue weighted by atomic mass is 35.5. The minimum absolute atomic E-state index is 0.653. The summed E-state index contributed by atoms with van der Waals surface area (Å²) < 4.78 is 5.39. The summed E-state index contributed by atoms with van der Waals surface area (Å²) in [7, 11) is 1.64. The van der Waals surface area contributed by atoms with Gasteiger partial charge in [-0.15, -0.1) is 0 Å². The number of hydrogen-bond acceptors (Lipinski definition) is 2. The largest absolute Gasteiger partial charge is 0.496 e. The molecule has 1 aromatic carbocycles. The Morgan fingerprint density at radius 3 is 2.84 bits per heavy atom. The van der Waals surface area contributed by atoms with E-state index in [-0.39, 0.29) is 0 Å². The van der Waals surface area contributed by atoms with Crippen molar-refractivity contribution >= 4 is 11.6 Å². The van der Waals surface area contributed by atoms with Gasteiger partial charge in [0, 0.05) is 10.6 Å². The van der Waals surface area contributed by atoms with Crippen LogP contribution in [0.4, 0.5) is 0 Å². The van der Waals surface area contributed by atoms with Crippen LogP contribution in [0.15, 0.2) is 18.2 Å². The van der Waals surface area contributed by atoms with E-state index < -0.39 is 5.60 Å². The Kier molecular flexibility index (Phi) is 4.75. The molecule has 1 aromatic rings. The highest BCUT2D eigenvalue weighted by Gasteiger charge is 2.34. The van der Waals surface area contributed by atoms with Crippen molar-refractivity contribution in [3.8, 4) is 5.75 Å². The van der Waals surface area contributed by atoms with E-state index >= 15 is 0 Å². The van der Waals surface area contributed by atoms with Crippen molar-refractivity contribution in [2.75, 3.05) is 7.11 Å². The van der Waals surface area contributed by atoms with Gasteiger partial charge in [0.2, 0.25) is 0 Å². The lowest BCUT2D eigenvalue weighted by Crippen LogP contribution is -2.25. The minimum atomic E-state index is -0.792. The van der Waals surface area contributed by atoms with Crippen molar-refractivity contribution < 1.29 is 9.84 Å². The molecule has 1 fully saturated rings. The Labute approximate surface area is 120 Å². The predicted molar refractivity (Wildman–Crippen MR) is 78.8 cm³/mol. The van der Waals surface area contributed by atoms with Gasteiger partial charge in [-0.2, -0.15) is 0 Å². The molecule has 1 aliphatic carbocycles. The molecule has 19 heavy (non-hydrogen) atoms. The molecule has 0 bridgehead atoms. The number of hydrogen-bond donors (Lipinski definition) is 1. The number of methoxy groups -OCH3 is 1. The lowest BCUT2D eigenvalue weighted by atomic mass is 9.85. The van der Waals surface area contributed by atoms with Gasteiger partial charge in [0.05, 0.1) is 12.7 Å². The van der Waals surface area contributed by atoms with Crippen LogP contribution in [0.5, 0.6) is 5.75 Å². The highest BCUT2D eigenvalue weighted by Crippen LogP contribution is 2.42. The van der Waals surface area contributed by atoms with Crippen LogP contribution in [-0.2, 0) is 5.60 Å². The quantitative estimate of drug-likeness (QED) is 0.826. The molecule has 2 unspecified atom stereocenters. The fourth-order valence-corrected chi connectivity index (χ4v) is 3.29. The van der Waals surface area contributed by atoms with Crippen molar-refractivity contribution in [2.24, 2.45) is 5.92 Å². The van der Waals surface area contributed by atoms with Gasteiger partial charge in [-0.05, 0) is 49.8 Å². The molecule has 0 radical (unpaired) electrons. The molecule has 3 heteroatoms. The second-order valence-electron chi connectivity index (χ2n) is 5.58. The van der Waals surface area contributed by atoms with Crippen LogP contribution in [-0.4, -0.2) is 12.2 Å². The van der Waals surface area contributed by atoms with E-state index in [4.69, 9.17) is 16.3 Å². The fourth-order valence-electron chi connectivity index (χ4n) is 3.12. The molecule has 0 spiro atoms. The first-order valence-corrected chi connectivity index (χ1v) is 7.53. The van der Waals surface area contributed by atoms with Crippen molar-refractivity contribution in [3.63, 3.8) is 0 Å². The third-order valence-electron chi connectivity index (χ3n) is 4.41. The zero-order valence-corrected chi connectivity index (χ0v) is 12.5. The third kappa shape index (κ3) is 3.24. The second kappa shape index (κ2) is 6.15. The molecule has 2 atom stereocenters. The van der Waals surface area contributed by atoms with E-state index in [1.54, 1.807) is 13.2 Å². The Morgan fingerprint density at radius 1 is 1.37 bits per heavy atom. The van der Waals surface area contributed by atoms with Crippen LogP contribution in [0.25, 0.3) is 0 Å². The number of rotatable bonds is 3. The van der Waals surface area contributed by atoms with Crippen LogP contribution in [0.1, 0.15) is 51.0 Å². The van der Waals surface area contributed by atoms with Crippen molar-refractivity contribution in [3.05, 3.63) is 28.8 Å². The fraction of sp³-hybridized carbons (Fsp3) is 0.625. The Balaban J connectivity index is 2.30. The summed E-state index contributed by atoms with van der Waals surface area (Å²) in [5, 5.41) is 11.7. The van der Waals surface area contributed by atoms with Crippen LogP contribution in [0.3, 0.4) is 0 Å². The summed E-state index contributed by atoms with van der Waals surface area (Å²) in [6.45, 7) is 2.23. The SMILES string of the molecule is CCC1CCCC(O)(c2cc(Cl)ccc2OC)CC1. The molecule has 0 aliphatic heterocycles. The van der Waals surface area contributed by atoms with Gasteiger partial charge in [0.25, 0.3) is 0 Å².